The van der Waals surface area contributed by atoms with Crippen molar-refractivity contribution in [3.63, 3.8) is 0 Å². The van der Waals surface area contributed by atoms with Gasteiger partial charge in [0.1, 0.15) is 34.4 Å². The fourth-order valence-electron chi connectivity index (χ4n) is 4.10. The predicted octanol–water partition coefficient (Wildman–Crippen LogP) is 1.77. The second-order valence-electron chi connectivity index (χ2n) is 8.13. The molecule has 0 spiro atoms. The topological polar surface area (TPSA) is 173 Å². The van der Waals surface area contributed by atoms with Crippen LogP contribution in [0.1, 0.15) is 31.4 Å². The summed E-state index contributed by atoms with van der Waals surface area (Å²) < 4.78 is 0.716. The van der Waals surface area contributed by atoms with Crippen molar-refractivity contribution in [2.45, 2.75) is 47.5 Å². The van der Waals surface area contributed by atoms with Crippen LogP contribution in [-0.4, -0.2) is 77.7 Å². The van der Waals surface area contributed by atoms with Gasteiger partial charge in [-0.2, -0.15) is 0 Å². The van der Waals surface area contributed by atoms with Crippen molar-refractivity contribution in [1.82, 2.24) is 25.4 Å². The Balaban J connectivity index is 1.30. The zero-order chi connectivity index (χ0) is 25.2. The van der Waals surface area contributed by atoms with Crippen molar-refractivity contribution in [1.29, 1.82) is 0 Å². The van der Waals surface area contributed by atoms with E-state index in [1.165, 1.54) is 39.8 Å². The second-order valence-corrected chi connectivity index (χ2v) is 12.2. The molecule has 16 heteroatoms. The molecule has 5 rings (SSSR count). The third-order valence-corrected chi connectivity index (χ3v) is 9.78. The van der Waals surface area contributed by atoms with Gasteiger partial charge < -0.3 is 21.0 Å². The van der Waals surface area contributed by atoms with Crippen LogP contribution in [0.4, 0.5) is 5.13 Å². The summed E-state index contributed by atoms with van der Waals surface area (Å²) in [5.74, 6) is -1.53. The highest BCUT2D eigenvalue weighted by molar-refractivity contribution is 8.01. The number of carboxylic acid groups (broad SMARTS) is 1. The number of hydrogen-bond acceptors (Lipinski definition) is 13. The average Bonchev–Trinajstić information content (AvgIpc) is 3.64. The summed E-state index contributed by atoms with van der Waals surface area (Å²) >= 11 is 5.29. The van der Waals surface area contributed by atoms with Gasteiger partial charge in [-0.3, -0.25) is 14.5 Å². The van der Waals surface area contributed by atoms with E-state index in [1.807, 2.05) is 0 Å². The molecule has 1 unspecified atom stereocenters. The molecular weight excluding hydrogens is 547 g/mol. The lowest BCUT2D eigenvalue weighted by molar-refractivity contribution is -0.150. The highest BCUT2D eigenvalue weighted by atomic mass is 32.2. The lowest BCUT2D eigenvalue weighted by Gasteiger charge is -2.49. The van der Waals surface area contributed by atoms with Gasteiger partial charge in [-0.05, 0) is 31.3 Å². The normalized spacial score (nSPS) is 22.4. The van der Waals surface area contributed by atoms with Gasteiger partial charge in [0.15, 0.2) is 15.2 Å². The van der Waals surface area contributed by atoms with Crippen LogP contribution >= 0.6 is 46.2 Å². The molecule has 2 aromatic rings. The van der Waals surface area contributed by atoms with Gasteiger partial charge in [0.2, 0.25) is 0 Å². The molecule has 1 saturated heterocycles. The summed E-state index contributed by atoms with van der Waals surface area (Å²) in [6, 6.07) is -0.901. The molecule has 2 aliphatic heterocycles. The Labute approximate surface area is 221 Å². The smallest absolute Gasteiger partial charge is 0.352 e. The third kappa shape index (κ3) is 5.07. The van der Waals surface area contributed by atoms with Crippen LogP contribution in [0, 0.1) is 0 Å². The molecule has 4 N–H and O–H groups in total. The van der Waals surface area contributed by atoms with Gasteiger partial charge in [-0.15, -0.1) is 33.3 Å². The molecular formula is C20H21N7O5S4. The molecule has 2 aromatic heterocycles. The summed E-state index contributed by atoms with van der Waals surface area (Å²) in [5.41, 5.74) is 8.11. The minimum absolute atomic E-state index is 0.0444. The average molecular weight is 568 g/mol. The van der Waals surface area contributed by atoms with Gasteiger partial charge in [0, 0.05) is 16.9 Å². The van der Waals surface area contributed by atoms with Crippen molar-refractivity contribution in [3.05, 3.63) is 27.9 Å². The van der Waals surface area contributed by atoms with Crippen LogP contribution in [0.25, 0.3) is 0 Å². The number of fused-ring (bicyclic) bond motifs is 1. The Bertz CT molecular complexity index is 1220. The van der Waals surface area contributed by atoms with Crippen LogP contribution in [0.2, 0.25) is 0 Å². The van der Waals surface area contributed by atoms with E-state index < -0.39 is 29.2 Å². The molecule has 3 aliphatic rings. The number of thioether (sulfide) groups is 2. The number of rotatable bonds is 9. The maximum absolute atomic E-state index is 13.2. The van der Waals surface area contributed by atoms with Crippen LogP contribution in [0.15, 0.2) is 31.7 Å². The Kier molecular flexibility index (Phi) is 7.45. The van der Waals surface area contributed by atoms with E-state index in [2.05, 4.69) is 25.7 Å². The van der Waals surface area contributed by atoms with E-state index in [4.69, 9.17) is 10.6 Å². The van der Waals surface area contributed by atoms with Crippen molar-refractivity contribution < 1.29 is 24.3 Å². The lowest BCUT2D eigenvalue weighted by atomic mass is 10.0. The zero-order valence-corrected chi connectivity index (χ0v) is 21.9. The maximum Gasteiger partial charge on any atom is 0.352 e. The standard InChI is InChI=1S/C20H21N7O5S4/c21-19-23-11(7-34-19)12(26-32-10-3-1-2-4-10)15(28)24-13-16(29)27-14(18(30)31)9(5-33-17(13)27)6-35-20-25-22-8-36-20/h7-8,10,13,17H,1-6H2,(H2,21,23)(H,24,28)(H,30,31)/b26-12-/t13?,17-/m1/s1. The molecule has 0 aromatic carbocycles. The highest BCUT2D eigenvalue weighted by Crippen LogP contribution is 2.41. The predicted molar refractivity (Wildman–Crippen MR) is 137 cm³/mol. The largest absolute Gasteiger partial charge is 0.477 e. The highest BCUT2D eigenvalue weighted by Gasteiger charge is 2.54. The van der Waals surface area contributed by atoms with Crippen molar-refractivity contribution >= 4 is 74.8 Å². The number of nitrogen functional groups attached to an aromatic ring is 1. The molecule has 1 saturated carbocycles. The number of nitrogens with one attached hydrogen (secondary N) is 1. The lowest BCUT2D eigenvalue weighted by Crippen LogP contribution is -2.71. The monoisotopic (exact) mass is 567 g/mol. The minimum atomic E-state index is -1.18. The number of thiazole rings is 1. The number of aromatic nitrogens is 3. The molecule has 2 atom stereocenters. The van der Waals surface area contributed by atoms with Gasteiger partial charge >= 0.3 is 5.97 Å². The Hall–Kier alpha value is -2.69. The van der Waals surface area contributed by atoms with E-state index in [0.29, 0.717) is 21.4 Å². The molecule has 0 radical (unpaired) electrons. The number of amides is 2. The number of β-lactam (4-membered cyclic amide) rings is 1. The van der Waals surface area contributed by atoms with Crippen LogP contribution < -0.4 is 11.1 Å². The molecule has 12 nitrogen and oxygen atoms in total. The Morgan fingerprint density at radius 3 is 2.81 bits per heavy atom. The number of nitrogens with zero attached hydrogens (tertiary/aromatic N) is 5. The first-order valence-corrected chi connectivity index (χ1v) is 14.8. The van der Waals surface area contributed by atoms with Crippen molar-refractivity contribution in [3.8, 4) is 0 Å². The molecule has 2 fully saturated rings. The number of carbonyl (C=O) groups is 3. The van der Waals surface area contributed by atoms with Crippen molar-refractivity contribution in [2.24, 2.45) is 5.16 Å². The van der Waals surface area contributed by atoms with E-state index in [0.717, 1.165) is 37.0 Å². The fourth-order valence-corrected chi connectivity index (χ4v) is 7.62. The van der Waals surface area contributed by atoms with Gasteiger partial charge in [0.25, 0.3) is 11.8 Å². The molecule has 190 valence electrons. The number of carbonyl (C=O) groups excluding carboxylic acids is 2. The van der Waals surface area contributed by atoms with Gasteiger partial charge in [0.05, 0.1) is 0 Å². The zero-order valence-electron chi connectivity index (χ0n) is 18.7. The first-order valence-electron chi connectivity index (χ1n) is 11.0. The maximum atomic E-state index is 13.2. The third-order valence-electron chi connectivity index (χ3n) is 5.82. The minimum Gasteiger partial charge on any atom is -0.477 e. The van der Waals surface area contributed by atoms with E-state index in [-0.39, 0.29) is 28.3 Å². The molecule has 2 amide bonds. The first kappa shape index (κ1) is 25.0. The van der Waals surface area contributed by atoms with Crippen LogP contribution in [-0.2, 0) is 19.2 Å². The van der Waals surface area contributed by atoms with E-state index >= 15 is 0 Å². The summed E-state index contributed by atoms with van der Waals surface area (Å²) in [6.07, 6.45) is 3.72. The van der Waals surface area contributed by atoms with Crippen molar-refractivity contribution in [2.75, 3.05) is 17.2 Å². The van der Waals surface area contributed by atoms with Gasteiger partial charge in [-0.1, -0.05) is 28.3 Å². The second kappa shape index (κ2) is 10.7. The number of aliphatic carboxylic acids is 1. The number of carboxylic acids is 1. The fraction of sp³-hybridized carbons (Fsp3) is 0.450. The SMILES string of the molecule is Nc1nc(/C(=N/OC2CCCC2)C(=O)NC2C(=O)N3C(C(=O)O)=C(CSc4nncs4)CS[C@H]23)cs1. The van der Waals surface area contributed by atoms with Crippen LogP contribution in [0.3, 0.4) is 0 Å². The summed E-state index contributed by atoms with van der Waals surface area (Å²) in [5, 5.41) is 25.7. The summed E-state index contributed by atoms with van der Waals surface area (Å²) in [4.78, 5) is 49.2. The quantitative estimate of drug-likeness (QED) is 0.174. The molecule has 1 aliphatic carbocycles. The molecule has 0 bridgehead atoms. The van der Waals surface area contributed by atoms with E-state index in [9.17, 15) is 19.5 Å². The summed E-state index contributed by atoms with van der Waals surface area (Å²) in [6.45, 7) is 0. The van der Waals surface area contributed by atoms with Crippen LogP contribution in [0.5, 0.6) is 0 Å². The molecule has 36 heavy (non-hydrogen) atoms. The Morgan fingerprint density at radius 1 is 1.33 bits per heavy atom. The van der Waals surface area contributed by atoms with Gasteiger partial charge in [-0.25, -0.2) is 9.78 Å². The number of oxime groups is 1. The number of anilines is 1. The number of hydrogen-bond donors (Lipinski definition) is 3. The molecule has 4 heterocycles. The number of nitrogens with two attached hydrogens (primary N) is 1. The summed E-state index contributed by atoms with van der Waals surface area (Å²) in [7, 11) is 0. The first-order chi connectivity index (χ1) is 17.4. The Morgan fingerprint density at radius 2 is 2.14 bits per heavy atom. The van der Waals surface area contributed by atoms with E-state index in [1.54, 1.807) is 10.9 Å².